The van der Waals surface area contributed by atoms with Crippen LogP contribution < -0.4 is 10.6 Å². The molecule has 15 heavy (non-hydrogen) atoms. The largest absolute Gasteiger partial charge is 0.377 e. The molecule has 0 aromatic carbocycles. The lowest BCUT2D eigenvalue weighted by atomic mass is 9.80. The third kappa shape index (κ3) is 3.47. The van der Waals surface area contributed by atoms with E-state index in [4.69, 9.17) is 4.74 Å². The molecule has 0 radical (unpaired) electrons. The summed E-state index contributed by atoms with van der Waals surface area (Å²) in [7, 11) is 3.43. The molecule has 4 heteroatoms. The number of hydrogen-bond donors (Lipinski definition) is 2. The van der Waals surface area contributed by atoms with Crippen LogP contribution in [0.25, 0.3) is 0 Å². The molecule has 0 heterocycles. The summed E-state index contributed by atoms with van der Waals surface area (Å²) in [5, 5.41) is 5.98. The zero-order valence-electron chi connectivity index (χ0n) is 9.93. The predicted octanol–water partition coefficient (Wildman–Crippen LogP) is 0.670. The van der Waals surface area contributed by atoms with Crippen molar-refractivity contribution in [3.05, 3.63) is 0 Å². The summed E-state index contributed by atoms with van der Waals surface area (Å²) in [5.41, 5.74) is 0.0386. The number of nitrogens with one attached hydrogen (secondary N) is 2. The number of amides is 1. The summed E-state index contributed by atoms with van der Waals surface area (Å²) in [6.07, 6.45) is 4.03. The number of ether oxygens (including phenoxy) is 1. The fourth-order valence-electron chi connectivity index (χ4n) is 1.84. The first-order valence-electron chi connectivity index (χ1n) is 5.61. The SMILES string of the molecule is CNC(=O)CC(C)NCC1(OC)CCC1. The maximum Gasteiger partial charge on any atom is 0.221 e. The summed E-state index contributed by atoms with van der Waals surface area (Å²) >= 11 is 0. The Balaban J connectivity index is 2.21. The van der Waals surface area contributed by atoms with Gasteiger partial charge >= 0.3 is 0 Å². The van der Waals surface area contributed by atoms with Crippen LogP contribution in [0.2, 0.25) is 0 Å². The number of methoxy groups -OCH3 is 1. The highest BCUT2D eigenvalue weighted by Crippen LogP contribution is 2.34. The summed E-state index contributed by atoms with van der Waals surface area (Å²) in [6.45, 7) is 2.87. The topological polar surface area (TPSA) is 50.4 Å². The maximum absolute atomic E-state index is 11.1. The average molecular weight is 214 g/mol. The number of carbonyl (C=O) groups excluding carboxylic acids is 1. The van der Waals surface area contributed by atoms with Crippen LogP contribution in [-0.4, -0.2) is 38.3 Å². The lowest BCUT2D eigenvalue weighted by molar-refractivity contribution is -0.121. The van der Waals surface area contributed by atoms with E-state index in [2.05, 4.69) is 10.6 Å². The highest BCUT2D eigenvalue weighted by atomic mass is 16.5. The van der Waals surface area contributed by atoms with Crippen molar-refractivity contribution in [2.24, 2.45) is 0 Å². The molecule has 1 saturated carbocycles. The molecule has 1 amide bonds. The molecule has 1 unspecified atom stereocenters. The van der Waals surface area contributed by atoms with E-state index in [9.17, 15) is 4.79 Å². The van der Waals surface area contributed by atoms with Crippen molar-refractivity contribution in [1.82, 2.24) is 10.6 Å². The zero-order valence-corrected chi connectivity index (χ0v) is 9.93. The molecular formula is C11H22N2O2. The van der Waals surface area contributed by atoms with Gasteiger partial charge in [0.1, 0.15) is 0 Å². The molecule has 1 rings (SSSR count). The highest BCUT2D eigenvalue weighted by molar-refractivity contribution is 5.76. The van der Waals surface area contributed by atoms with Gasteiger partial charge in [0.2, 0.25) is 5.91 Å². The van der Waals surface area contributed by atoms with Gasteiger partial charge in [-0.15, -0.1) is 0 Å². The molecule has 4 nitrogen and oxygen atoms in total. The number of carbonyl (C=O) groups is 1. The van der Waals surface area contributed by atoms with E-state index in [1.54, 1.807) is 14.2 Å². The first kappa shape index (κ1) is 12.5. The van der Waals surface area contributed by atoms with Gasteiger partial charge in [-0.2, -0.15) is 0 Å². The van der Waals surface area contributed by atoms with Crippen molar-refractivity contribution in [3.8, 4) is 0 Å². The van der Waals surface area contributed by atoms with Gasteiger partial charge in [-0.25, -0.2) is 0 Å². The Labute approximate surface area is 91.8 Å². The fraction of sp³-hybridized carbons (Fsp3) is 0.909. The van der Waals surface area contributed by atoms with Gasteiger partial charge in [0.25, 0.3) is 0 Å². The minimum Gasteiger partial charge on any atom is -0.377 e. The molecule has 0 bridgehead atoms. The quantitative estimate of drug-likeness (QED) is 0.683. The van der Waals surface area contributed by atoms with Crippen LogP contribution in [0.4, 0.5) is 0 Å². The Morgan fingerprint density at radius 2 is 2.20 bits per heavy atom. The van der Waals surface area contributed by atoms with Crippen LogP contribution in [-0.2, 0) is 9.53 Å². The second kappa shape index (κ2) is 5.47. The van der Waals surface area contributed by atoms with E-state index >= 15 is 0 Å². The Hall–Kier alpha value is -0.610. The predicted molar refractivity (Wildman–Crippen MR) is 59.7 cm³/mol. The molecule has 1 fully saturated rings. The van der Waals surface area contributed by atoms with Gasteiger partial charge in [-0.1, -0.05) is 0 Å². The smallest absolute Gasteiger partial charge is 0.221 e. The van der Waals surface area contributed by atoms with E-state index in [1.165, 1.54) is 6.42 Å². The van der Waals surface area contributed by atoms with Crippen molar-refractivity contribution in [3.63, 3.8) is 0 Å². The van der Waals surface area contributed by atoms with Gasteiger partial charge in [0.05, 0.1) is 5.60 Å². The molecule has 0 aromatic heterocycles. The van der Waals surface area contributed by atoms with E-state index < -0.39 is 0 Å². The van der Waals surface area contributed by atoms with Crippen LogP contribution in [0.3, 0.4) is 0 Å². The van der Waals surface area contributed by atoms with E-state index in [1.807, 2.05) is 6.92 Å². The molecule has 0 aromatic rings. The molecule has 88 valence electrons. The molecular weight excluding hydrogens is 192 g/mol. The Morgan fingerprint density at radius 3 is 2.60 bits per heavy atom. The summed E-state index contributed by atoms with van der Waals surface area (Å²) in [4.78, 5) is 11.1. The standard InChI is InChI=1S/C11H22N2O2/c1-9(7-10(14)12-2)13-8-11(15-3)5-4-6-11/h9,13H,4-8H2,1-3H3,(H,12,14). The fourth-order valence-corrected chi connectivity index (χ4v) is 1.84. The highest BCUT2D eigenvalue weighted by Gasteiger charge is 2.36. The van der Waals surface area contributed by atoms with Crippen LogP contribution in [0.1, 0.15) is 32.6 Å². The van der Waals surface area contributed by atoms with Crippen molar-refractivity contribution in [1.29, 1.82) is 0 Å². The molecule has 0 saturated heterocycles. The minimum absolute atomic E-state index is 0.0386. The van der Waals surface area contributed by atoms with Gasteiger partial charge < -0.3 is 15.4 Å². The van der Waals surface area contributed by atoms with Gasteiger partial charge in [0.15, 0.2) is 0 Å². The minimum atomic E-state index is 0.0386. The Morgan fingerprint density at radius 1 is 1.53 bits per heavy atom. The monoisotopic (exact) mass is 214 g/mol. The van der Waals surface area contributed by atoms with Crippen molar-refractivity contribution < 1.29 is 9.53 Å². The second-order valence-electron chi connectivity index (χ2n) is 4.40. The van der Waals surface area contributed by atoms with Crippen LogP contribution >= 0.6 is 0 Å². The van der Waals surface area contributed by atoms with Crippen molar-refractivity contribution in [2.45, 2.75) is 44.2 Å². The Kier molecular flexibility index (Phi) is 4.54. The van der Waals surface area contributed by atoms with Gasteiger partial charge in [-0.05, 0) is 26.2 Å². The van der Waals surface area contributed by atoms with Crippen LogP contribution in [0.5, 0.6) is 0 Å². The third-order valence-corrected chi connectivity index (χ3v) is 3.24. The first-order chi connectivity index (χ1) is 7.12. The number of rotatable bonds is 6. The van der Waals surface area contributed by atoms with Gasteiger partial charge in [0, 0.05) is 33.2 Å². The van der Waals surface area contributed by atoms with E-state index in [0.29, 0.717) is 6.42 Å². The lowest BCUT2D eigenvalue weighted by Gasteiger charge is -2.41. The Bertz CT molecular complexity index is 209. The average Bonchev–Trinajstić information content (AvgIpc) is 2.16. The summed E-state index contributed by atoms with van der Waals surface area (Å²) in [6, 6.07) is 0.206. The molecule has 1 atom stereocenters. The molecule has 0 spiro atoms. The summed E-state index contributed by atoms with van der Waals surface area (Å²) in [5.74, 6) is 0.0788. The molecule has 2 N–H and O–H groups in total. The zero-order chi connectivity index (χ0) is 11.3. The number of hydrogen-bond acceptors (Lipinski definition) is 3. The summed E-state index contributed by atoms with van der Waals surface area (Å²) < 4.78 is 5.49. The van der Waals surface area contributed by atoms with Crippen molar-refractivity contribution in [2.75, 3.05) is 20.7 Å². The third-order valence-electron chi connectivity index (χ3n) is 3.24. The van der Waals surface area contributed by atoms with Crippen LogP contribution in [0, 0.1) is 0 Å². The maximum atomic E-state index is 11.1. The van der Waals surface area contributed by atoms with Gasteiger partial charge in [-0.3, -0.25) is 4.79 Å². The molecule has 0 aliphatic heterocycles. The van der Waals surface area contributed by atoms with E-state index in [0.717, 1.165) is 19.4 Å². The first-order valence-corrected chi connectivity index (χ1v) is 5.61. The van der Waals surface area contributed by atoms with Crippen molar-refractivity contribution >= 4 is 5.91 Å². The van der Waals surface area contributed by atoms with E-state index in [-0.39, 0.29) is 17.6 Å². The second-order valence-corrected chi connectivity index (χ2v) is 4.40. The molecule has 1 aliphatic rings. The molecule has 1 aliphatic carbocycles. The normalized spacial score (nSPS) is 20.5. The lowest BCUT2D eigenvalue weighted by Crippen LogP contribution is -2.50. The van der Waals surface area contributed by atoms with Crippen LogP contribution in [0.15, 0.2) is 0 Å².